The Kier molecular flexibility index (Phi) is 4.35. The summed E-state index contributed by atoms with van der Waals surface area (Å²) >= 11 is 16.6. The van der Waals surface area contributed by atoms with Crippen LogP contribution in [-0.2, 0) is 2.14 Å². The fraction of sp³-hybridized carbons (Fsp3) is 0.0769. The van der Waals surface area contributed by atoms with Gasteiger partial charge in [-0.1, -0.05) is 95.8 Å². The first-order valence-corrected chi connectivity index (χ1v) is 7.66. The molecule has 0 spiro atoms. The van der Waals surface area contributed by atoms with Gasteiger partial charge in [-0.05, 0) is 28.8 Å². The number of benzene rings is 2. The molecule has 4 heteroatoms. The van der Waals surface area contributed by atoms with Crippen molar-refractivity contribution in [2.45, 2.75) is 2.14 Å². The molecular weight excluding hydrogens is 431 g/mol. The van der Waals surface area contributed by atoms with Crippen LogP contribution in [0.15, 0.2) is 48.5 Å². The summed E-state index contributed by atoms with van der Waals surface area (Å²) in [6.45, 7) is 0. The van der Waals surface area contributed by atoms with Gasteiger partial charge in [0.15, 0.2) is 2.14 Å². The summed E-state index contributed by atoms with van der Waals surface area (Å²) in [6, 6.07) is 16.0. The van der Waals surface area contributed by atoms with Crippen LogP contribution in [0.1, 0.15) is 5.56 Å². The lowest BCUT2D eigenvalue weighted by Crippen LogP contribution is -2.00. The van der Waals surface area contributed by atoms with E-state index in [0.29, 0.717) is 0 Å². The maximum atomic E-state index is 5.90. The number of hydrogen-bond acceptors (Lipinski definition) is 0. The average molecular weight is 439 g/mol. The second-order valence-electron chi connectivity index (χ2n) is 3.55. The van der Waals surface area contributed by atoms with Crippen LogP contribution in [0.2, 0.25) is 5.02 Å². The largest absolute Gasteiger partial charge is 0.160 e. The maximum Gasteiger partial charge on any atom is 0.160 e. The molecule has 17 heavy (non-hydrogen) atoms. The summed E-state index contributed by atoms with van der Waals surface area (Å²) in [5.41, 5.74) is 3.39. The fourth-order valence-corrected chi connectivity index (χ4v) is 2.77. The third-order valence-corrected chi connectivity index (χ3v) is 3.92. The SMILES string of the molecule is Clc1ccc(-c2ccccc2C(Br)(Br)Br)cc1. The molecule has 0 radical (unpaired) electrons. The first kappa shape index (κ1) is 13.6. The highest BCUT2D eigenvalue weighted by Gasteiger charge is 2.24. The monoisotopic (exact) mass is 436 g/mol. The van der Waals surface area contributed by atoms with E-state index in [9.17, 15) is 0 Å². The molecule has 0 aliphatic rings. The van der Waals surface area contributed by atoms with Crippen molar-refractivity contribution in [3.05, 3.63) is 59.1 Å². The molecule has 0 aromatic heterocycles. The number of hydrogen-bond donors (Lipinski definition) is 0. The predicted octanol–water partition coefficient (Wildman–Crippen LogP) is 6.30. The molecule has 2 rings (SSSR count). The van der Waals surface area contributed by atoms with Gasteiger partial charge in [-0.15, -0.1) is 0 Å². The molecule has 0 amide bonds. The zero-order valence-corrected chi connectivity index (χ0v) is 14.1. The van der Waals surface area contributed by atoms with Crippen LogP contribution in [0, 0.1) is 0 Å². The number of halogens is 4. The zero-order chi connectivity index (χ0) is 12.5. The van der Waals surface area contributed by atoms with Crippen LogP contribution < -0.4 is 0 Å². The lowest BCUT2D eigenvalue weighted by Gasteiger charge is -2.17. The van der Waals surface area contributed by atoms with Crippen molar-refractivity contribution in [1.82, 2.24) is 0 Å². The van der Waals surface area contributed by atoms with E-state index in [-0.39, 0.29) is 0 Å². The van der Waals surface area contributed by atoms with Crippen LogP contribution >= 0.6 is 59.4 Å². The van der Waals surface area contributed by atoms with E-state index < -0.39 is 2.14 Å². The average Bonchev–Trinajstić information content (AvgIpc) is 2.29. The predicted molar refractivity (Wildman–Crippen MR) is 85.3 cm³/mol. The molecule has 88 valence electrons. The first-order valence-electron chi connectivity index (χ1n) is 4.90. The summed E-state index contributed by atoms with van der Waals surface area (Å²) in [7, 11) is 0. The first-order chi connectivity index (χ1) is 7.98. The Morgan fingerprint density at radius 3 is 2.00 bits per heavy atom. The van der Waals surface area contributed by atoms with Gasteiger partial charge < -0.3 is 0 Å². The summed E-state index contributed by atoms with van der Waals surface area (Å²) in [4.78, 5) is 0. The summed E-state index contributed by atoms with van der Waals surface area (Å²) < 4.78 is -0.413. The van der Waals surface area contributed by atoms with Crippen LogP contribution in [-0.4, -0.2) is 0 Å². The van der Waals surface area contributed by atoms with Crippen LogP contribution in [0.25, 0.3) is 11.1 Å². The van der Waals surface area contributed by atoms with Crippen molar-refractivity contribution in [2.24, 2.45) is 0 Å². The number of rotatable bonds is 1. The topological polar surface area (TPSA) is 0 Å². The van der Waals surface area contributed by atoms with Crippen molar-refractivity contribution < 1.29 is 0 Å². The molecule has 0 aliphatic heterocycles. The van der Waals surface area contributed by atoms with Gasteiger partial charge in [-0.25, -0.2) is 0 Å². The van der Waals surface area contributed by atoms with E-state index in [1.54, 1.807) is 0 Å². The Balaban J connectivity index is 2.56. The van der Waals surface area contributed by atoms with Crippen molar-refractivity contribution in [2.75, 3.05) is 0 Å². The van der Waals surface area contributed by atoms with E-state index >= 15 is 0 Å². The lowest BCUT2D eigenvalue weighted by atomic mass is 10.0. The van der Waals surface area contributed by atoms with Gasteiger partial charge in [0.2, 0.25) is 0 Å². The van der Waals surface area contributed by atoms with E-state index in [0.717, 1.165) is 21.7 Å². The Morgan fingerprint density at radius 2 is 1.41 bits per heavy atom. The minimum absolute atomic E-state index is 0.413. The highest BCUT2D eigenvalue weighted by Crippen LogP contribution is 2.47. The zero-order valence-electron chi connectivity index (χ0n) is 8.63. The van der Waals surface area contributed by atoms with Gasteiger partial charge in [0.1, 0.15) is 0 Å². The second kappa shape index (κ2) is 5.43. The molecule has 0 unspecified atom stereocenters. The molecule has 0 heterocycles. The van der Waals surface area contributed by atoms with Crippen LogP contribution in [0.5, 0.6) is 0 Å². The highest BCUT2D eigenvalue weighted by atomic mass is 80.0. The van der Waals surface area contributed by atoms with Crippen molar-refractivity contribution in [3.63, 3.8) is 0 Å². The third-order valence-electron chi connectivity index (χ3n) is 2.39. The van der Waals surface area contributed by atoms with Gasteiger partial charge in [0.05, 0.1) is 0 Å². The van der Waals surface area contributed by atoms with E-state index in [1.807, 2.05) is 36.4 Å². The van der Waals surface area contributed by atoms with Crippen molar-refractivity contribution in [3.8, 4) is 11.1 Å². The summed E-state index contributed by atoms with van der Waals surface area (Å²) in [6.07, 6.45) is 0. The molecule has 2 aromatic rings. The Bertz CT molecular complexity index is 515. The van der Waals surface area contributed by atoms with Crippen molar-refractivity contribution in [1.29, 1.82) is 0 Å². The minimum atomic E-state index is -0.413. The molecule has 0 N–H and O–H groups in total. The highest BCUT2D eigenvalue weighted by molar-refractivity contribution is 9.38. The molecule has 2 aromatic carbocycles. The van der Waals surface area contributed by atoms with Gasteiger partial charge in [-0.2, -0.15) is 0 Å². The molecule has 0 aliphatic carbocycles. The van der Waals surface area contributed by atoms with Gasteiger partial charge in [0, 0.05) is 5.02 Å². The summed E-state index contributed by atoms with van der Waals surface area (Å²) in [5, 5.41) is 0.744. The minimum Gasteiger partial charge on any atom is -0.0843 e. The van der Waals surface area contributed by atoms with Crippen molar-refractivity contribution >= 4 is 59.4 Å². The van der Waals surface area contributed by atoms with E-state index in [4.69, 9.17) is 11.6 Å². The normalized spacial score (nSPS) is 11.5. The quantitative estimate of drug-likeness (QED) is 0.458. The lowest BCUT2D eigenvalue weighted by molar-refractivity contribution is 1.36. The molecule has 0 bridgehead atoms. The van der Waals surface area contributed by atoms with Gasteiger partial charge >= 0.3 is 0 Å². The smallest absolute Gasteiger partial charge is 0.0843 e. The second-order valence-corrected chi connectivity index (χ2v) is 10.7. The summed E-state index contributed by atoms with van der Waals surface area (Å²) in [5.74, 6) is 0. The molecule has 0 saturated heterocycles. The molecule has 0 atom stereocenters. The molecule has 0 saturated carbocycles. The third kappa shape index (κ3) is 3.34. The molecule has 0 nitrogen and oxygen atoms in total. The van der Waals surface area contributed by atoms with Gasteiger partial charge in [0.25, 0.3) is 0 Å². The van der Waals surface area contributed by atoms with E-state index in [2.05, 4.69) is 59.9 Å². The van der Waals surface area contributed by atoms with E-state index in [1.165, 1.54) is 0 Å². The Hall–Kier alpha value is 0.170. The Morgan fingerprint density at radius 1 is 0.824 bits per heavy atom. The number of alkyl halides is 3. The Labute approximate surface area is 131 Å². The standard InChI is InChI=1S/C13H8Br3Cl/c14-13(15,16)12-4-2-1-3-11(12)9-5-7-10(17)8-6-9/h1-8H. The van der Waals surface area contributed by atoms with Crippen LogP contribution in [0.3, 0.4) is 0 Å². The van der Waals surface area contributed by atoms with Gasteiger partial charge in [-0.3, -0.25) is 0 Å². The maximum absolute atomic E-state index is 5.90. The molecular formula is C13H8Br3Cl. The molecule has 0 fully saturated rings. The fourth-order valence-electron chi connectivity index (χ4n) is 1.61. The van der Waals surface area contributed by atoms with Crippen LogP contribution in [0.4, 0.5) is 0 Å².